The molecule has 1 rings (SSSR count). The van der Waals surface area contributed by atoms with Crippen molar-refractivity contribution < 1.29 is 19.4 Å². The molecule has 0 aromatic heterocycles. The fourth-order valence-electron chi connectivity index (χ4n) is 1.62. The maximum atomic E-state index is 11.9. The number of aliphatic hydroxyl groups excluding tert-OH is 1. The molecular formula is C14H22N2O4. The summed E-state index contributed by atoms with van der Waals surface area (Å²) in [6.45, 7) is 3.96. The SMILES string of the molecule is CCOc1ccc(C(=O)CNCCOCCO)cc1N. The van der Waals surface area contributed by atoms with Gasteiger partial charge in [0.15, 0.2) is 5.78 Å². The van der Waals surface area contributed by atoms with Crippen LogP contribution < -0.4 is 15.8 Å². The highest BCUT2D eigenvalue weighted by Gasteiger charge is 2.08. The number of hydrogen-bond acceptors (Lipinski definition) is 6. The molecule has 1 aromatic rings. The largest absolute Gasteiger partial charge is 0.492 e. The molecule has 112 valence electrons. The fraction of sp³-hybridized carbons (Fsp3) is 0.500. The van der Waals surface area contributed by atoms with Gasteiger partial charge >= 0.3 is 0 Å². The third kappa shape index (κ3) is 5.56. The van der Waals surface area contributed by atoms with Crippen molar-refractivity contribution in [1.29, 1.82) is 0 Å². The molecule has 0 aliphatic carbocycles. The Hall–Kier alpha value is -1.63. The number of carbonyl (C=O) groups is 1. The quantitative estimate of drug-likeness (QED) is 0.328. The van der Waals surface area contributed by atoms with Gasteiger partial charge in [0, 0.05) is 12.1 Å². The van der Waals surface area contributed by atoms with E-state index >= 15 is 0 Å². The number of Topliss-reactive ketones (excluding diaryl/α,β-unsaturated/α-hetero) is 1. The molecule has 4 N–H and O–H groups in total. The summed E-state index contributed by atoms with van der Waals surface area (Å²) in [5.41, 5.74) is 6.83. The predicted molar refractivity (Wildman–Crippen MR) is 77.1 cm³/mol. The molecule has 0 saturated heterocycles. The fourth-order valence-corrected chi connectivity index (χ4v) is 1.62. The molecule has 0 spiro atoms. The summed E-state index contributed by atoms with van der Waals surface area (Å²) in [7, 11) is 0. The van der Waals surface area contributed by atoms with Gasteiger partial charge in [-0.3, -0.25) is 4.79 Å². The van der Waals surface area contributed by atoms with E-state index in [0.717, 1.165) is 0 Å². The summed E-state index contributed by atoms with van der Waals surface area (Å²) in [5, 5.41) is 11.5. The number of rotatable bonds is 10. The minimum atomic E-state index is -0.0399. The number of anilines is 1. The molecule has 1 aromatic carbocycles. The molecule has 6 heteroatoms. The smallest absolute Gasteiger partial charge is 0.176 e. The number of ketones is 1. The second kappa shape index (κ2) is 9.30. The number of carbonyl (C=O) groups excluding carboxylic acids is 1. The molecule has 6 nitrogen and oxygen atoms in total. The number of ether oxygens (including phenoxy) is 2. The highest BCUT2D eigenvalue weighted by molar-refractivity contribution is 5.98. The van der Waals surface area contributed by atoms with Crippen molar-refractivity contribution >= 4 is 11.5 Å². The molecule has 0 saturated carbocycles. The molecule has 0 aliphatic rings. The van der Waals surface area contributed by atoms with Crippen LogP contribution in [0.25, 0.3) is 0 Å². The van der Waals surface area contributed by atoms with Crippen molar-refractivity contribution in [3.05, 3.63) is 23.8 Å². The summed E-state index contributed by atoms with van der Waals surface area (Å²) in [6, 6.07) is 5.03. The van der Waals surface area contributed by atoms with Gasteiger partial charge in [0.1, 0.15) is 5.75 Å². The lowest BCUT2D eigenvalue weighted by molar-refractivity contribution is 0.0906. The molecule has 0 amide bonds. The Balaban J connectivity index is 2.38. The standard InChI is InChI=1S/C14H22N2O4/c1-2-20-14-4-3-11(9-12(14)15)13(18)10-16-5-7-19-8-6-17/h3-4,9,16-17H,2,5-8,10,15H2,1H3. The maximum Gasteiger partial charge on any atom is 0.176 e. The average Bonchev–Trinajstić information content (AvgIpc) is 2.45. The predicted octanol–water partition coefficient (Wildman–Crippen LogP) is 0.449. The van der Waals surface area contributed by atoms with Crippen molar-refractivity contribution in [3.63, 3.8) is 0 Å². The maximum absolute atomic E-state index is 11.9. The molecule has 0 radical (unpaired) electrons. The third-order valence-corrected chi connectivity index (χ3v) is 2.58. The summed E-state index contributed by atoms with van der Waals surface area (Å²) in [6.07, 6.45) is 0. The minimum Gasteiger partial charge on any atom is -0.492 e. The molecule has 0 aliphatic heterocycles. The average molecular weight is 282 g/mol. The van der Waals surface area contributed by atoms with Crippen LogP contribution in [0.3, 0.4) is 0 Å². The van der Waals surface area contributed by atoms with E-state index in [4.69, 9.17) is 20.3 Å². The van der Waals surface area contributed by atoms with E-state index in [-0.39, 0.29) is 18.9 Å². The lowest BCUT2D eigenvalue weighted by Crippen LogP contribution is -2.27. The van der Waals surface area contributed by atoms with Crippen molar-refractivity contribution in [1.82, 2.24) is 5.32 Å². The van der Waals surface area contributed by atoms with Crippen molar-refractivity contribution in [3.8, 4) is 5.75 Å². The summed E-state index contributed by atoms with van der Waals surface area (Å²) < 4.78 is 10.4. The van der Waals surface area contributed by atoms with E-state index in [1.54, 1.807) is 18.2 Å². The van der Waals surface area contributed by atoms with Gasteiger partial charge in [0.2, 0.25) is 0 Å². The van der Waals surface area contributed by atoms with Crippen LogP contribution in [0.2, 0.25) is 0 Å². The Morgan fingerprint density at radius 3 is 2.85 bits per heavy atom. The zero-order valence-electron chi connectivity index (χ0n) is 11.7. The van der Waals surface area contributed by atoms with Crippen molar-refractivity contribution in [2.45, 2.75) is 6.92 Å². The molecule has 0 fully saturated rings. The molecule has 0 bridgehead atoms. The summed E-state index contributed by atoms with van der Waals surface area (Å²) >= 11 is 0. The van der Waals surface area contributed by atoms with E-state index in [9.17, 15) is 4.79 Å². The van der Waals surface area contributed by atoms with Crippen LogP contribution in [0.5, 0.6) is 5.75 Å². The molecule has 0 heterocycles. The molecule has 0 atom stereocenters. The van der Waals surface area contributed by atoms with Crippen LogP contribution in [0, 0.1) is 0 Å². The summed E-state index contributed by atoms with van der Waals surface area (Å²) in [5.74, 6) is 0.552. The van der Waals surface area contributed by atoms with Crippen LogP contribution >= 0.6 is 0 Å². The molecule has 20 heavy (non-hydrogen) atoms. The Kier molecular flexibility index (Phi) is 7.64. The van der Waals surface area contributed by atoms with E-state index in [1.165, 1.54) is 0 Å². The molecule has 0 unspecified atom stereocenters. The van der Waals surface area contributed by atoms with Crippen molar-refractivity contribution in [2.75, 3.05) is 45.3 Å². The first kappa shape index (κ1) is 16.4. The first-order valence-electron chi connectivity index (χ1n) is 6.63. The topological polar surface area (TPSA) is 93.8 Å². The normalized spacial score (nSPS) is 10.5. The van der Waals surface area contributed by atoms with Gasteiger partial charge in [-0.1, -0.05) is 0 Å². The number of nitrogens with one attached hydrogen (secondary N) is 1. The number of nitrogen functional groups attached to an aromatic ring is 1. The second-order valence-electron chi connectivity index (χ2n) is 4.12. The van der Waals surface area contributed by atoms with E-state index < -0.39 is 0 Å². The Morgan fingerprint density at radius 1 is 1.40 bits per heavy atom. The Morgan fingerprint density at radius 2 is 2.20 bits per heavy atom. The van der Waals surface area contributed by atoms with Crippen LogP contribution in [-0.4, -0.2) is 50.4 Å². The Bertz CT molecular complexity index is 424. The summed E-state index contributed by atoms with van der Waals surface area (Å²) in [4.78, 5) is 11.9. The minimum absolute atomic E-state index is 0.00435. The van der Waals surface area contributed by atoms with Gasteiger partial charge in [-0.05, 0) is 25.1 Å². The van der Waals surface area contributed by atoms with Gasteiger partial charge in [0.25, 0.3) is 0 Å². The Labute approximate surface area is 118 Å². The number of aliphatic hydroxyl groups is 1. The van der Waals surface area contributed by atoms with Crippen molar-refractivity contribution in [2.24, 2.45) is 0 Å². The zero-order chi connectivity index (χ0) is 14.8. The van der Waals surface area contributed by atoms with Gasteiger partial charge in [-0.25, -0.2) is 0 Å². The lowest BCUT2D eigenvalue weighted by Gasteiger charge is -2.09. The van der Waals surface area contributed by atoms with Gasteiger partial charge in [-0.2, -0.15) is 0 Å². The second-order valence-corrected chi connectivity index (χ2v) is 4.12. The highest BCUT2D eigenvalue weighted by atomic mass is 16.5. The highest BCUT2D eigenvalue weighted by Crippen LogP contribution is 2.22. The van der Waals surface area contributed by atoms with Gasteiger partial charge < -0.3 is 25.6 Å². The van der Waals surface area contributed by atoms with Crippen LogP contribution in [0.4, 0.5) is 5.69 Å². The third-order valence-electron chi connectivity index (χ3n) is 2.58. The number of nitrogens with two attached hydrogens (primary N) is 1. The number of hydrogen-bond donors (Lipinski definition) is 3. The van der Waals surface area contributed by atoms with Crippen LogP contribution in [0.1, 0.15) is 17.3 Å². The number of benzene rings is 1. The lowest BCUT2D eigenvalue weighted by atomic mass is 10.1. The first-order chi connectivity index (χ1) is 9.69. The van der Waals surface area contributed by atoms with Gasteiger partial charge in [-0.15, -0.1) is 0 Å². The first-order valence-corrected chi connectivity index (χ1v) is 6.63. The van der Waals surface area contributed by atoms with E-state index in [1.807, 2.05) is 6.92 Å². The zero-order valence-corrected chi connectivity index (χ0v) is 11.7. The monoisotopic (exact) mass is 282 g/mol. The van der Waals surface area contributed by atoms with Crippen LogP contribution in [0.15, 0.2) is 18.2 Å². The van der Waals surface area contributed by atoms with Crippen LogP contribution in [-0.2, 0) is 4.74 Å². The van der Waals surface area contributed by atoms with E-state index in [0.29, 0.717) is 43.4 Å². The molecular weight excluding hydrogens is 260 g/mol. The van der Waals surface area contributed by atoms with E-state index in [2.05, 4.69) is 5.32 Å². The van der Waals surface area contributed by atoms with Gasteiger partial charge in [0.05, 0.1) is 38.7 Å².